The van der Waals surface area contributed by atoms with Crippen LogP contribution in [0.4, 0.5) is 0 Å². The summed E-state index contributed by atoms with van der Waals surface area (Å²) in [5.41, 5.74) is 0.937. The molecule has 0 fully saturated rings. The zero-order chi connectivity index (χ0) is 6.53. The van der Waals surface area contributed by atoms with E-state index in [1.165, 1.54) is 0 Å². The van der Waals surface area contributed by atoms with Crippen LogP contribution in [0.3, 0.4) is 0 Å². The number of aromatic nitrogens is 1. The van der Waals surface area contributed by atoms with E-state index in [2.05, 4.69) is 9.68 Å². The number of nitrogens with zero attached hydrogens (tertiary/aromatic N) is 1. The predicted octanol–water partition coefficient (Wildman–Crippen LogP) is 1.58. The van der Waals surface area contributed by atoms with E-state index in [9.17, 15) is 0 Å². The van der Waals surface area contributed by atoms with Gasteiger partial charge in [0.25, 0.3) is 0 Å². The van der Waals surface area contributed by atoms with Gasteiger partial charge in [0.1, 0.15) is 29.3 Å². The highest BCUT2D eigenvalue weighted by atomic mass is 127. The maximum atomic E-state index is 4.80. The van der Waals surface area contributed by atoms with Crippen molar-refractivity contribution >= 4 is 23.0 Å². The zero-order valence-electron chi connectivity index (χ0n) is 4.71. The van der Waals surface area contributed by atoms with Crippen molar-refractivity contribution in [2.24, 2.45) is 0 Å². The Labute approximate surface area is 67.1 Å². The smallest absolute Gasteiger partial charge is 0.124 e. The van der Waals surface area contributed by atoms with Gasteiger partial charge in [0.2, 0.25) is 0 Å². The van der Waals surface area contributed by atoms with Crippen LogP contribution in [0.15, 0.2) is 16.9 Å². The first-order valence-electron chi connectivity index (χ1n) is 2.56. The number of halogens is 1. The lowest BCUT2D eigenvalue weighted by atomic mass is 10.3. The minimum Gasteiger partial charge on any atom is -0.365 e. The molecule has 0 radical (unpaired) electrons. The molecule has 1 rings (SSSR count). The summed E-state index contributed by atoms with van der Waals surface area (Å²) in [6, 6.07) is 1.83. The highest BCUT2D eigenvalue weighted by molar-refractivity contribution is 14.1. The van der Waals surface area contributed by atoms with Gasteiger partial charge in [-0.25, -0.2) is 0 Å². The molecule has 0 bridgehead atoms. The molecule has 4 heteroatoms. The highest BCUT2D eigenvalue weighted by Crippen LogP contribution is 1.97. The van der Waals surface area contributed by atoms with E-state index in [0.717, 1.165) is 12.1 Å². The molecule has 0 saturated heterocycles. The zero-order valence-corrected chi connectivity index (χ0v) is 6.87. The molecule has 3 nitrogen and oxygen atoms in total. The summed E-state index contributed by atoms with van der Waals surface area (Å²) < 4.78 is 9.41. The van der Waals surface area contributed by atoms with Gasteiger partial charge in [-0.3, -0.25) is 0 Å². The van der Waals surface area contributed by atoms with Crippen LogP contribution < -0.4 is 0 Å². The first-order valence-corrected chi connectivity index (χ1v) is 3.44. The predicted molar refractivity (Wildman–Crippen MR) is 40.2 cm³/mol. The molecular weight excluding hydrogens is 233 g/mol. The summed E-state index contributed by atoms with van der Waals surface area (Å²) in [6.45, 7) is 0.688. The van der Waals surface area contributed by atoms with Crippen molar-refractivity contribution in [1.29, 1.82) is 0 Å². The minimum atomic E-state index is 0.688. The molecule has 0 aliphatic carbocycles. The van der Waals surface area contributed by atoms with Gasteiger partial charge in [-0.05, 0) is 0 Å². The average Bonchev–Trinajstić information content (AvgIpc) is 2.34. The summed E-state index contributed by atoms with van der Waals surface area (Å²) in [4.78, 5) is 0. The lowest BCUT2D eigenvalue weighted by Crippen LogP contribution is -1.90. The third-order valence-corrected chi connectivity index (χ3v) is 1.37. The molecule has 50 valence electrons. The molecule has 0 aromatic carbocycles. The minimum absolute atomic E-state index is 0.688. The Balaban J connectivity index is 2.30. The van der Waals surface area contributed by atoms with Crippen molar-refractivity contribution in [2.45, 2.75) is 6.42 Å². The Hall–Kier alpha value is -0.100. The van der Waals surface area contributed by atoms with Crippen LogP contribution in [0, 0.1) is 0 Å². The normalized spacial score (nSPS) is 9.89. The standard InChI is InChI=1S/C5H6INO2/c6-8-3-1-5-2-4-9-7-5/h2,4H,1,3H2. The van der Waals surface area contributed by atoms with Crippen molar-refractivity contribution in [2.75, 3.05) is 6.61 Å². The van der Waals surface area contributed by atoms with Crippen molar-refractivity contribution in [3.63, 3.8) is 0 Å². The van der Waals surface area contributed by atoms with Crippen LogP contribution >= 0.6 is 23.0 Å². The van der Waals surface area contributed by atoms with Crippen LogP contribution in [0.25, 0.3) is 0 Å². The third-order valence-electron chi connectivity index (χ3n) is 0.927. The van der Waals surface area contributed by atoms with Gasteiger partial charge in [-0.2, -0.15) is 0 Å². The largest absolute Gasteiger partial charge is 0.365 e. The third kappa shape index (κ3) is 2.31. The maximum Gasteiger partial charge on any atom is 0.124 e. The van der Waals surface area contributed by atoms with Gasteiger partial charge >= 0.3 is 0 Å². The molecule has 0 aliphatic rings. The molecule has 0 aliphatic heterocycles. The lowest BCUT2D eigenvalue weighted by molar-refractivity contribution is 0.392. The average molecular weight is 239 g/mol. The Morgan fingerprint density at radius 3 is 3.22 bits per heavy atom. The van der Waals surface area contributed by atoms with Gasteiger partial charge in [0.05, 0.1) is 12.3 Å². The van der Waals surface area contributed by atoms with Crippen molar-refractivity contribution in [3.8, 4) is 0 Å². The molecule has 1 aromatic heterocycles. The Morgan fingerprint density at radius 1 is 1.78 bits per heavy atom. The number of hydrogen-bond donors (Lipinski definition) is 0. The van der Waals surface area contributed by atoms with Crippen molar-refractivity contribution in [1.82, 2.24) is 5.16 Å². The number of hydrogen-bond acceptors (Lipinski definition) is 3. The quantitative estimate of drug-likeness (QED) is 0.751. The summed E-state index contributed by atoms with van der Waals surface area (Å²) in [7, 11) is 0. The molecule has 0 saturated carbocycles. The summed E-state index contributed by atoms with van der Waals surface area (Å²) >= 11 is 1.85. The SMILES string of the molecule is IOCCc1ccon1. The molecule has 0 N–H and O–H groups in total. The Morgan fingerprint density at radius 2 is 2.67 bits per heavy atom. The first-order chi connectivity index (χ1) is 4.43. The maximum absolute atomic E-state index is 4.80. The second kappa shape index (κ2) is 3.84. The fourth-order valence-electron chi connectivity index (χ4n) is 0.510. The van der Waals surface area contributed by atoms with Crippen LogP contribution in [0.2, 0.25) is 0 Å². The van der Waals surface area contributed by atoms with Crippen LogP contribution in [-0.2, 0) is 9.49 Å². The summed E-state index contributed by atoms with van der Waals surface area (Å²) in [5.74, 6) is 0. The van der Waals surface area contributed by atoms with Crippen molar-refractivity contribution < 1.29 is 7.59 Å². The van der Waals surface area contributed by atoms with Gasteiger partial charge < -0.3 is 7.59 Å². The lowest BCUT2D eigenvalue weighted by Gasteiger charge is -1.88. The van der Waals surface area contributed by atoms with Crippen LogP contribution in [-0.4, -0.2) is 11.8 Å². The van der Waals surface area contributed by atoms with Gasteiger partial charge in [0.15, 0.2) is 0 Å². The van der Waals surface area contributed by atoms with E-state index < -0.39 is 0 Å². The first kappa shape index (κ1) is 7.01. The molecule has 0 atom stereocenters. The highest BCUT2D eigenvalue weighted by Gasteiger charge is 1.93. The fourth-order valence-corrected chi connectivity index (χ4v) is 0.730. The second-order valence-electron chi connectivity index (χ2n) is 1.55. The molecule has 0 spiro atoms. The van der Waals surface area contributed by atoms with Crippen molar-refractivity contribution in [3.05, 3.63) is 18.0 Å². The molecule has 1 heterocycles. The van der Waals surface area contributed by atoms with Crippen LogP contribution in [0.1, 0.15) is 5.69 Å². The second-order valence-corrected chi connectivity index (χ2v) is 2.18. The molecule has 9 heavy (non-hydrogen) atoms. The Kier molecular flexibility index (Phi) is 2.99. The van der Waals surface area contributed by atoms with E-state index in [-0.39, 0.29) is 0 Å². The van der Waals surface area contributed by atoms with Gasteiger partial charge in [-0.15, -0.1) is 0 Å². The summed E-state index contributed by atoms with van der Waals surface area (Å²) in [6.07, 6.45) is 2.38. The van der Waals surface area contributed by atoms with Crippen LogP contribution in [0.5, 0.6) is 0 Å². The number of rotatable bonds is 3. The van der Waals surface area contributed by atoms with E-state index >= 15 is 0 Å². The molecule has 0 unspecified atom stereocenters. The summed E-state index contributed by atoms with van der Waals surface area (Å²) in [5, 5.41) is 3.70. The van der Waals surface area contributed by atoms with Gasteiger partial charge in [0, 0.05) is 12.5 Å². The fraction of sp³-hybridized carbons (Fsp3) is 0.400. The van der Waals surface area contributed by atoms with E-state index in [1.807, 2.05) is 29.1 Å². The van der Waals surface area contributed by atoms with E-state index in [4.69, 9.17) is 3.07 Å². The molecule has 1 aromatic rings. The van der Waals surface area contributed by atoms with E-state index in [1.54, 1.807) is 6.26 Å². The molecular formula is C5H6INO2. The van der Waals surface area contributed by atoms with E-state index in [0.29, 0.717) is 6.61 Å². The van der Waals surface area contributed by atoms with Gasteiger partial charge in [-0.1, -0.05) is 5.16 Å². The Bertz CT molecular complexity index is 152. The topological polar surface area (TPSA) is 35.3 Å². The monoisotopic (exact) mass is 239 g/mol. The molecule has 0 amide bonds.